The fourth-order valence-electron chi connectivity index (χ4n) is 2.55. The maximum Gasteiger partial charge on any atom is 0.247 e. The van der Waals surface area contributed by atoms with Crippen molar-refractivity contribution in [1.29, 1.82) is 0 Å². The third kappa shape index (κ3) is 4.23. The molecule has 0 bridgehead atoms. The van der Waals surface area contributed by atoms with Crippen LogP contribution in [0.3, 0.4) is 0 Å². The van der Waals surface area contributed by atoms with Gasteiger partial charge in [-0.2, -0.15) is 0 Å². The normalized spacial score (nSPS) is 12.1. The summed E-state index contributed by atoms with van der Waals surface area (Å²) >= 11 is 3.05. The Morgan fingerprint density at radius 1 is 0.964 bits per heavy atom. The molecule has 28 heavy (non-hydrogen) atoms. The smallest absolute Gasteiger partial charge is 0.247 e. The third-order valence-electron chi connectivity index (χ3n) is 4.25. The van der Waals surface area contributed by atoms with Crippen LogP contribution in [-0.4, -0.2) is 20.4 Å². The lowest BCUT2D eigenvalue weighted by Crippen LogP contribution is -1.91. The van der Waals surface area contributed by atoms with Crippen molar-refractivity contribution in [3.8, 4) is 11.5 Å². The maximum absolute atomic E-state index is 5.83. The molecule has 2 aromatic carbocycles. The lowest BCUT2D eigenvalue weighted by molar-refractivity contribution is 0.509. The summed E-state index contributed by atoms with van der Waals surface area (Å²) in [7, 11) is 0. The second kappa shape index (κ2) is 8.12. The van der Waals surface area contributed by atoms with Gasteiger partial charge in [-0.05, 0) is 56.2 Å². The summed E-state index contributed by atoms with van der Waals surface area (Å²) in [4.78, 5) is 0. The molecule has 0 spiro atoms. The minimum atomic E-state index is -0.0209. The Morgan fingerprint density at radius 2 is 1.79 bits per heavy atom. The molecule has 1 unspecified atom stereocenters. The molecule has 0 saturated heterocycles. The highest BCUT2D eigenvalue weighted by atomic mass is 32.2. The maximum atomic E-state index is 5.83. The third-order valence-corrected chi connectivity index (χ3v) is 6.26. The second-order valence-electron chi connectivity index (χ2n) is 6.37. The van der Waals surface area contributed by atoms with Crippen molar-refractivity contribution in [3.05, 3.63) is 65.5 Å². The molecule has 1 N–H and O–H groups in total. The highest BCUT2D eigenvalue weighted by molar-refractivity contribution is 8.01. The number of nitrogens with one attached hydrogen (secondary N) is 1. The average Bonchev–Trinajstić information content (AvgIpc) is 3.35. The number of hydrogen-bond donors (Lipinski definition) is 1. The Balaban J connectivity index is 1.42. The summed E-state index contributed by atoms with van der Waals surface area (Å²) in [6.45, 7) is 6.21. The van der Waals surface area contributed by atoms with Crippen molar-refractivity contribution in [2.24, 2.45) is 0 Å². The van der Waals surface area contributed by atoms with Crippen LogP contribution in [0, 0.1) is 13.8 Å². The summed E-state index contributed by atoms with van der Waals surface area (Å²) in [5, 5.41) is 20.9. The van der Waals surface area contributed by atoms with E-state index in [-0.39, 0.29) is 5.25 Å². The first-order chi connectivity index (χ1) is 13.6. The van der Waals surface area contributed by atoms with Crippen LogP contribution in [0.4, 0.5) is 10.8 Å². The van der Waals surface area contributed by atoms with Gasteiger partial charge in [-0.3, -0.25) is 0 Å². The van der Waals surface area contributed by atoms with E-state index in [1.165, 1.54) is 22.5 Å². The van der Waals surface area contributed by atoms with Crippen molar-refractivity contribution < 1.29 is 4.42 Å². The Kier molecular flexibility index (Phi) is 5.40. The van der Waals surface area contributed by atoms with Gasteiger partial charge in [0.15, 0.2) is 4.34 Å². The van der Waals surface area contributed by atoms with Crippen molar-refractivity contribution in [3.63, 3.8) is 0 Å². The molecule has 2 aromatic heterocycles. The molecular weight excluding hydrogens is 390 g/mol. The van der Waals surface area contributed by atoms with E-state index >= 15 is 0 Å². The zero-order valence-electron chi connectivity index (χ0n) is 15.7. The van der Waals surface area contributed by atoms with Crippen molar-refractivity contribution in [2.45, 2.75) is 30.4 Å². The molecule has 8 heteroatoms. The van der Waals surface area contributed by atoms with Gasteiger partial charge in [0.25, 0.3) is 0 Å². The molecule has 0 aliphatic carbocycles. The van der Waals surface area contributed by atoms with Gasteiger partial charge in [-0.25, -0.2) is 0 Å². The van der Waals surface area contributed by atoms with Crippen LogP contribution in [0.15, 0.2) is 57.3 Å². The molecule has 0 aliphatic heterocycles. The summed E-state index contributed by atoms with van der Waals surface area (Å²) in [6, 6.07) is 16.0. The van der Waals surface area contributed by atoms with Gasteiger partial charge >= 0.3 is 0 Å². The van der Waals surface area contributed by atoms with Crippen molar-refractivity contribution in [2.75, 3.05) is 5.32 Å². The molecule has 4 rings (SSSR count). The zero-order chi connectivity index (χ0) is 19.5. The first-order valence-electron chi connectivity index (χ1n) is 8.82. The highest BCUT2D eigenvalue weighted by Crippen LogP contribution is 2.38. The lowest BCUT2D eigenvalue weighted by Gasteiger charge is -2.05. The molecular formula is C20H19N5OS2. The van der Waals surface area contributed by atoms with Gasteiger partial charge in [0.2, 0.25) is 16.9 Å². The molecule has 0 saturated carbocycles. The standard InChI is InChI=1S/C20H19N5OS2/c1-12-9-10-16(11-13(12)2)21-19-24-25-20(28-19)27-14(3)17-22-23-18(26-17)15-7-5-4-6-8-15/h4-11,14H,1-3H3,(H,21,24). The van der Waals surface area contributed by atoms with Crippen LogP contribution in [0.1, 0.15) is 29.2 Å². The molecule has 1 atom stereocenters. The molecule has 6 nitrogen and oxygen atoms in total. The van der Waals surface area contributed by atoms with Crippen LogP contribution < -0.4 is 5.32 Å². The number of benzene rings is 2. The van der Waals surface area contributed by atoms with Gasteiger partial charge in [0, 0.05) is 11.3 Å². The summed E-state index contributed by atoms with van der Waals surface area (Å²) in [5.74, 6) is 1.10. The topological polar surface area (TPSA) is 76.7 Å². The number of aromatic nitrogens is 4. The van der Waals surface area contributed by atoms with Crippen LogP contribution in [0.5, 0.6) is 0 Å². The summed E-state index contributed by atoms with van der Waals surface area (Å²) in [5.41, 5.74) is 4.42. The number of thioether (sulfide) groups is 1. The van der Waals surface area contributed by atoms with Crippen molar-refractivity contribution in [1.82, 2.24) is 20.4 Å². The largest absolute Gasteiger partial charge is 0.419 e. The van der Waals surface area contributed by atoms with Crippen LogP contribution in [0.2, 0.25) is 0 Å². The van der Waals surface area contributed by atoms with Gasteiger partial charge in [-0.15, -0.1) is 20.4 Å². The average molecular weight is 410 g/mol. The zero-order valence-corrected chi connectivity index (χ0v) is 17.3. The van der Waals surface area contributed by atoms with Gasteiger partial charge in [0.1, 0.15) is 0 Å². The number of hydrogen-bond acceptors (Lipinski definition) is 8. The molecule has 0 radical (unpaired) electrons. The summed E-state index contributed by atoms with van der Waals surface area (Å²) < 4.78 is 6.67. The van der Waals surface area contributed by atoms with Crippen LogP contribution >= 0.6 is 23.1 Å². The van der Waals surface area contributed by atoms with E-state index in [9.17, 15) is 0 Å². The van der Waals surface area contributed by atoms with Crippen LogP contribution in [-0.2, 0) is 0 Å². The van der Waals surface area contributed by atoms with E-state index in [0.717, 1.165) is 20.7 Å². The molecule has 142 valence electrons. The Labute approximate surface area is 171 Å². The van der Waals surface area contributed by atoms with Crippen LogP contribution in [0.25, 0.3) is 11.5 Å². The van der Waals surface area contributed by atoms with E-state index in [2.05, 4.69) is 51.7 Å². The number of aryl methyl sites for hydroxylation is 2. The van der Waals surface area contributed by atoms with E-state index in [1.807, 2.05) is 43.3 Å². The predicted octanol–water partition coefficient (Wildman–Crippen LogP) is 5.80. The Hall–Kier alpha value is -2.71. The number of rotatable bonds is 6. The number of nitrogens with zero attached hydrogens (tertiary/aromatic N) is 4. The van der Waals surface area contributed by atoms with Gasteiger partial charge < -0.3 is 9.73 Å². The molecule has 2 heterocycles. The molecule has 4 aromatic rings. The second-order valence-corrected chi connectivity index (χ2v) is 8.93. The van der Waals surface area contributed by atoms with Crippen molar-refractivity contribution >= 4 is 33.9 Å². The van der Waals surface area contributed by atoms with E-state index in [0.29, 0.717) is 11.8 Å². The minimum absolute atomic E-state index is 0.0209. The lowest BCUT2D eigenvalue weighted by atomic mass is 10.1. The fraction of sp³-hybridized carbons (Fsp3) is 0.200. The predicted molar refractivity (Wildman–Crippen MR) is 113 cm³/mol. The van der Waals surface area contributed by atoms with E-state index in [1.54, 1.807) is 11.8 Å². The monoisotopic (exact) mass is 409 g/mol. The quantitative estimate of drug-likeness (QED) is 0.403. The molecule has 0 fully saturated rings. The SMILES string of the molecule is Cc1ccc(Nc2nnc(SC(C)c3nnc(-c4ccccc4)o3)s2)cc1C. The van der Waals surface area contributed by atoms with Gasteiger partial charge in [0.05, 0.1) is 5.25 Å². The summed E-state index contributed by atoms with van der Waals surface area (Å²) in [6.07, 6.45) is 0. The van der Waals surface area contributed by atoms with Gasteiger partial charge in [-0.1, -0.05) is 47.4 Å². The Morgan fingerprint density at radius 3 is 2.57 bits per heavy atom. The first kappa shape index (κ1) is 18.6. The molecule has 0 aliphatic rings. The first-order valence-corrected chi connectivity index (χ1v) is 10.5. The van der Waals surface area contributed by atoms with E-state index in [4.69, 9.17) is 4.42 Å². The highest BCUT2D eigenvalue weighted by Gasteiger charge is 2.18. The van der Waals surface area contributed by atoms with E-state index < -0.39 is 0 Å². The fourth-order valence-corrected chi connectivity index (χ4v) is 4.49. The number of anilines is 2. The molecule has 0 amide bonds. The minimum Gasteiger partial charge on any atom is -0.419 e. The Bertz CT molecular complexity index is 1080.